The van der Waals surface area contributed by atoms with E-state index < -0.39 is 0 Å². The van der Waals surface area contributed by atoms with E-state index in [1.165, 1.54) is 0 Å². The van der Waals surface area contributed by atoms with Crippen LogP contribution in [-0.4, -0.2) is 42.3 Å². The van der Waals surface area contributed by atoms with Gasteiger partial charge in [-0.05, 0) is 42.4 Å². The van der Waals surface area contributed by atoms with Crippen molar-refractivity contribution >= 4 is 17.7 Å². The fourth-order valence-electron chi connectivity index (χ4n) is 1.57. The number of carbonyl (C=O) groups excluding carboxylic acids is 1. The zero-order valence-corrected chi connectivity index (χ0v) is 13.6. The van der Waals surface area contributed by atoms with Gasteiger partial charge in [0.2, 0.25) is 0 Å². The minimum Gasteiger partial charge on any atom is -0.493 e. The second-order valence-corrected chi connectivity index (χ2v) is 6.40. The summed E-state index contributed by atoms with van der Waals surface area (Å²) in [6.45, 7) is 5.74. The zero-order chi connectivity index (χ0) is 15.5. The molecule has 0 fully saturated rings. The molecule has 1 aromatic rings. The van der Waals surface area contributed by atoms with Gasteiger partial charge in [-0.25, -0.2) is 0 Å². The molecule has 0 spiro atoms. The van der Waals surface area contributed by atoms with E-state index in [-0.39, 0.29) is 12.5 Å². The van der Waals surface area contributed by atoms with E-state index in [1.54, 1.807) is 23.9 Å². The number of nitrogens with one attached hydrogen (secondary N) is 1. The summed E-state index contributed by atoms with van der Waals surface area (Å²) in [6.07, 6.45) is 0.802. The van der Waals surface area contributed by atoms with Crippen molar-refractivity contribution in [3.63, 3.8) is 0 Å². The first-order valence-electron chi connectivity index (χ1n) is 7.33. The summed E-state index contributed by atoms with van der Waals surface area (Å²) in [6, 6.07) is 7.22. The maximum atomic E-state index is 11.9. The molecule has 0 aliphatic carbocycles. The molecule has 0 atom stereocenters. The molecule has 1 aromatic carbocycles. The van der Waals surface area contributed by atoms with Gasteiger partial charge < -0.3 is 15.2 Å². The quantitative estimate of drug-likeness (QED) is 0.652. The van der Waals surface area contributed by atoms with Crippen LogP contribution in [0.5, 0.6) is 5.75 Å². The molecule has 21 heavy (non-hydrogen) atoms. The lowest BCUT2D eigenvalue weighted by Gasteiger charge is -2.09. The molecular weight excluding hydrogens is 286 g/mol. The zero-order valence-electron chi connectivity index (χ0n) is 12.8. The van der Waals surface area contributed by atoms with Gasteiger partial charge in [0.15, 0.2) is 0 Å². The highest BCUT2D eigenvalue weighted by molar-refractivity contribution is 7.99. The molecule has 4 nitrogen and oxygen atoms in total. The molecule has 118 valence electrons. The highest BCUT2D eigenvalue weighted by Gasteiger charge is 2.05. The maximum Gasteiger partial charge on any atom is 0.251 e. The van der Waals surface area contributed by atoms with E-state index in [4.69, 9.17) is 9.84 Å². The number of carbonyl (C=O) groups is 1. The van der Waals surface area contributed by atoms with Gasteiger partial charge in [0.25, 0.3) is 5.91 Å². The van der Waals surface area contributed by atoms with Crippen molar-refractivity contribution in [2.24, 2.45) is 5.92 Å². The number of hydrogen-bond donors (Lipinski definition) is 2. The molecule has 0 aromatic heterocycles. The smallest absolute Gasteiger partial charge is 0.251 e. The lowest BCUT2D eigenvalue weighted by Crippen LogP contribution is -2.25. The molecule has 0 unspecified atom stereocenters. The first-order chi connectivity index (χ1) is 10.1. The first kappa shape index (κ1) is 17.9. The minimum absolute atomic E-state index is 0.0619. The lowest BCUT2D eigenvalue weighted by molar-refractivity contribution is 0.0956. The number of aliphatic hydroxyl groups is 1. The molecule has 0 bridgehead atoms. The van der Waals surface area contributed by atoms with Crippen LogP contribution in [0.25, 0.3) is 0 Å². The van der Waals surface area contributed by atoms with Gasteiger partial charge in [-0.1, -0.05) is 13.8 Å². The molecule has 0 radical (unpaired) electrons. The number of hydrogen-bond acceptors (Lipinski definition) is 4. The molecule has 1 rings (SSSR count). The monoisotopic (exact) mass is 311 g/mol. The van der Waals surface area contributed by atoms with Crippen LogP contribution in [0.3, 0.4) is 0 Å². The average molecular weight is 311 g/mol. The van der Waals surface area contributed by atoms with E-state index in [1.807, 2.05) is 12.1 Å². The van der Waals surface area contributed by atoms with E-state index >= 15 is 0 Å². The Labute approximate surface area is 131 Å². The van der Waals surface area contributed by atoms with Crippen LogP contribution in [0, 0.1) is 5.92 Å². The second kappa shape index (κ2) is 10.5. The van der Waals surface area contributed by atoms with Crippen LogP contribution < -0.4 is 10.1 Å². The molecular formula is C16H25NO3S. The van der Waals surface area contributed by atoms with Crippen molar-refractivity contribution in [3.05, 3.63) is 29.8 Å². The van der Waals surface area contributed by atoms with Crippen molar-refractivity contribution in [2.75, 3.05) is 31.3 Å². The predicted octanol–water partition coefficient (Wildman–Crippen LogP) is 2.57. The molecule has 0 aliphatic rings. The fourth-order valence-corrected chi connectivity index (χ4v) is 2.36. The molecule has 5 heteroatoms. The fraction of sp³-hybridized carbons (Fsp3) is 0.562. The Hall–Kier alpha value is -1.20. The lowest BCUT2D eigenvalue weighted by atomic mass is 10.2. The number of thioether (sulfide) groups is 1. The summed E-state index contributed by atoms with van der Waals surface area (Å²) < 4.78 is 5.58. The summed E-state index contributed by atoms with van der Waals surface area (Å²) in [5.74, 6) is 3.00. The van der Waals surface area contributed by atoms with Crippen LogP contribution >= 0.6 is 11.8 Å². The SMILES string of the molecule is CC(C)COc1ccc(C(=O)NCCSCCCO)cc1. The molecule has 0 heterocycles. The van der Waals surface area contributed by atoms with Crippen molar-refractivity contribution in [2.45, 2.75) is 20.3 Å². The highest BCUT2D eigenvalue weighted by atomic mass is 32.2. The van der Waals surface area contributed by atoms with Gasteiger partial charge in [-0.3, -0.25) is 4.79 Å². The van der Waals surface area contributed by atoms with Crippen LogP contribution in [0.4, 0.5) is 0 Å². The van der Waals surface area contributed by atoms with Gasteiger partial charge in [0.1, 0.15) is 5.75 Å². The highest BCUT2D eigenvalue weighted by Crippen LogP contribution is 2.13. The Morgan fingerprint density at radius 2 is 2.00 bits per heavy atom. The van der Waals surface area contributed by atoms with E-state index in [0.717, 1.165) is 23.7 Å². The Balaban J connectivity index is 2.27. The third-order valence-electron chi connectivity index (χ3n) is 2.68. The number of ether oxygens (including phenoxy) is 1. The third kappa shape index (κ3) is 7.97. The Morgan fingerprint density at radius 3 is 2.62 bits per heavy atom. The van der Waals surface area contributed by atoms with Crippen LogP contribution in [-0.2, 0) is 0 Å². The minimum atomic E-state index is -0.0619. The van der Waals surface area contributed by atoms with Crippen molar-refractivity contribution < 1.29 is 14.6 Å². The molecule has 1 amide bonds. The van der Waals surface area contributed by atoms with Gasteiger partial charge in [0.05, 0.1) is 6.61 Å². The van der Waals surface area contributed by atoms with E-state index in [9.17, 15) is 4.79 Å². The standard InChI is InChI=1S/C16H25NO3S/c1-13(2)12-20-15-6-4-14(5-7-15)16(19)17-8-11-21-10-3-9-18/h4-7,13,18H,3,8-12H2,1-2H3,(H,17,19). The molecule has 2 N–H and O–H groups in total. The van der Waals surface area contributed by atoms with Crippen molar-refractivity contribution in [1.29, 1.82) is 0 Å². The summed E-state index contributed by atoms with van der Waals surface area (Å²) in [7, 11) is 0. The summed E-state index contributed by atoms with van der Waals surface area (Å²) >= 11 is 1.73. The van der Waals surface area contributed by atoms with Gasteiger partial charge in [-0.15, -0.1) is 0 Å². The maximum absolute atomic E-state index is 11.9. The summed E-state index contributed by atoms with van der Waals surface area (Å²) in [5, 5.41) is 11.5. The Kier molecular flexibility index (Phi) is 8.94. The van der Waals surface area contributed by atoms with Crippen LogP contribution in [0.15, 0.2) is 24.3 Å². The molecule has 0 saturated heterocycles. The second-order valence-electron chi connectivity index (χ2n) is 5.17. The van der Waals surface area contributed by atoms with E-state index in [0.29, 0.717) is 24.6 Å². The average Bonchev–Trinajstić information content (AvgIpc) is 2.49. The van der Waals surface area contributed by atoms with Gasteiger partial charge >= 0.3 is 0 Å². The number of rotatable bonds is 10. The van der Waals surface area contributed by atoms with Crippen molar-refractivity contribution in [1.82, 2.24) is 5.32 Å². The molecule has 0 saturated carbocycles. The summed E-state index contributed by atoms with van der Waals surface area (Å²) in [4.78, 5) is 11.9. The first-order valence-corrected chi connectivity index (χ1v) is 8.48. The largest absolute Gasteiger partial charge is 0.493 e. The third-order valence-corrected chi connectivity index (χ3v) is 3.75. The number of aliphatic hydroxyl groups excluding tert-OH is 1. The van der Waals surface area contributed by atoms with Gasteiger partial charge in [-0.2, -0.15) is 11.8 Å². The van der Waals surface area contributed by atoms with Crippen LogP contribution in [0.2, 0.25) is 0 Å². The topological polar surface area (TPSA) is 58.6 Å². The predicted molar refractivity (Wildman–Crippen MR) is 88.1 cm³/mol. The normalized spacial score (nSPS) is 10.7. The van der Waals surface area contributed by atoms with E-state index in [2.05, 4.69) is 19.2 Å². The molecule has 0 aliphatic heterocycles. The van der Waals surface area contributed by atoms with Crippen molar-refractivity contribution in [3.8, 4) is 5.75 Å². The van der Waals surface area contributed by atoms with Gasteiger partial charge in [0, 0.05) is 24.5 Å². The van der Waals surface area contributed by atoms with Crippen LogP contribution in [0.1, 0.15) is 30.6 Å². The number of benzene rings is 1. The number of amides is 1. The Morgan fingerprint density at radius 1 is 1.29 bits per heavy atom. The summed E-state index contributed by atoms with van der Waals surface area (Å²) in [5.41, 5.74) is 0.646. The Bertz CT molecular complexity index is 406.